The summed E-state index contributed by atoms with van der Waals surface area (Å²) in [7, 11) is 1.72. The molecule has 0 heterocycles. The van der Waals surface area contributed by atoms with E-state index in [1.165, 1.54) is 5.56 Å². The Hall–Kier alpha value is -1.42. The summed E-state index contributed by atoms with van der Waals surface area (Å²) in [6, 6.07) is 7.72. The van der Waals surface area contributed by atoms with E-state index in [0.717, 1.165) is 5.56 Å². The number of hydrogen-bond acceptors (Lipinski definition) is 2. The van der Waals surface area contributed by atoms with Crippen LogP contribution in [0.3, 0.4) is 0 Å². The number of hydrogen-bond donors (Lipinski definition) is 1. The molecule has 92 valence electrons. The van der Waals surface area contributed by atoms with E-state index in [-0.39, 0.29) is 11.9 Å². The number of likely N-dealkylation sites (N-methyl/N-ethyl adjacent to an activating group) is 1. The lowest BCUT2D eigenvalue weighted by molar-refractivity contribution is -0.129. The van der Waals surface area contributed by atoms with Gasteiger partial charge in [-0.3, -0.25) is 4.79 Å². The number of carbonyl (C=O) groups excluding carboxylic acids is 1. The van der Waals surface area contributed by atoms with Crippen molar-refractivity contribution in [1.29, 1.82) is 0 Å². The van der Waals surface area contributed by atoms with E-state index in [4.69, 9.17) is 18.0 Å². The molecule has 0 saturated carbocycles. The Labute approximate surface area is 108 Å². The van der Waals surface area contributed by atoms with Crippen molar-refractivity contribution < 1.29 is 4.79 Å². The van der Waals surface area contributed by atoms with Gasteiger partial charge in [-0.15, -0.1) is 0 Å². The number of benzene rings is 1. The Bertz CT molecular complexity index is 414. The molecular weight excluding hydrogens is 232 g/mol. The fourth-order valence-corrected chi connectivity index (χ4v) is 1.57. The maximum Gasteiger partial charge on any atom is 0.227 e. The van der Waals surface area contributed by atoms with Gasteiger partial charge in [0.15, 0.2) is 0 Å². The van der Waals surface area contributed by atoms with Crippen LogP contribution >= 0.6 is 12.2 Å². The second-order valence-corrected chi connectivity index (χ2v) is 4.72. The number of nitrogens with zero attached hydrogens (tertiary/aromatic N) is 1. The predicted octanol–water partition coefficient (Wildman–Crippen LogP) is 1.67. The lowest BCUT2D eigenvalue weighted by Crippen LogP contribution is -2.43. The molecule has 0 radical (unpaired) electrons. The average Bonchev–Trinajstić information content (AvgIpc) is 2.30. The lowest BCUT2D eigenvalue weighted by Gasteiger charge is -2.24. The van der Waals surface area contributed by atoms with Gasteiger partial charge in [-0.25, -0.2) is 0 Å². The summed E-state index contributed by atoms with van der Waals surface area (Å²) in [5.74, 6) is 0.0224. The van der Waals surface area contributed by atoms with Crippen molar-refractivity contribution in [3.63, 3.8) is 0 Å². The van der Waals surface area contributed by atoms with Crippen molar-refractivity contribution in [3.05, 3.63) is 35.4 Å². The van der Waals surface area contributed by atoms with Gasteiger partial charge in [0.2, 0.25) is 5.91 Å². The van der Waals surface area contributed by atoms with E-state index in [1.54, 1.807) is 11.9 Å². The Kier molecular flexibility index (Phi) is 4.63. The second-order valence-electron chi connectivity index (χ2n) is 4.25. The van der Waals surface area contributed by atoms with Crippen LogP contribution < -0.4 is 5.73 Å². The molecule has 1 aromatic carbocycles. The summed E-state index contributed by atoms with van der Waals surface area (Å²) >= 11 is 4.88. The van der Waals surface area contributed by atoms with Crippen molar-refractivity contribution in [2.24, 2.45) is 5.73 Å². The van der Waals surface area contributed by atoms with E-state index in [2.05, 4.69) is 0 Å². The number of nitrogens with two attached hydrogens (primary N) is 1. The van der Waals surface area contributed by atoms with Crippen LogP contribution in [0.5, 0.6) is 0 Å². The molecule has 0 bridgehead atoms. The zero-order valence-corrected chi connectivity index (χ0v) is 11.3. The summed E-state index contributed by atoms with van der Waals surface area (Å²) in [5.41, 5.74) is 7.71. The molecule has 1 amide bonds. The van der Waals surface area contributed by atoms with Gasteiger partial charge in [-0.2, -0.15) is 0 Å². The molecule has 17 heavy (non-hydrogen) atoms. The summed E-state index contributed by atoms with van der Waals surface area (Å²) < 4.78 is 0. The Balaban J connectivity index is 2.66. The number of amides is 1. The van der Waals surface area contributed by atoms with Gasteiger partial charge in [0.25, 0.3) is 0 Å². The zero-order valence-electron chi connectivity index (χ0n) is 10.4. The molecule has 0 aromatic heterocycles. The molecule has 2 N–H and O–H groups in total. The van der Waals surface area contributed by atoms with Gasteiger partial charge < -0.3 is 10.6 Å². The third-order valence-electron chi connectivity index (χ3n) is 2.86. The Morgan fingerprint density at radius 1 is 1.41 bits per heavy atom. The quantitative estimate of drug-likeness (QED) is 0.827. The minimum atomic E-state index is -0.206. The number of thiocarbonyl (C=S) groups is 1. The first-order valence-corrected chi connectivity index (χ1v) is 5.93. The first-order chi connectivity index (χ1) is 7.91. The normalized spacial score (nSPS) is 11.9. The molecule has 0 aliphatic heterocycles. The monoisotopic (exact) mass is 250 g/mol. The summed E-state index contributed by atoms with van der Waals surface area (Å²) in [6.45, 7) is 3.85. The fourth-order valence-electron chi connectivity index (χ4n) is 1.41. The average molecular weight is 250 g/mol. The predicted molar refractivity (Wildman–Crippen MR) is 73.9 cm³/mol. The van der Waals surface area contributed by atoms with Crippen molar-refractivity contribution >= 4 is 23.1 Å². The summed E-state index contributed by atoms with van der Waals surface area (Å²) in [4.78, 5) is 13.9. The molecule has 4 heteroatoms. The third kappa shape index (κ3) is 3.82. The van der Waals surface area contributed by atoms with E-state index in [9.17, 15) is 4.79 Å². The minimum Gasteiger partial charge on any atom is -0.392 e. The molecule has 1 unspecified atom stereocenters. The Morgan fingerprint density at radius 2 is 1.94 bits per heavy atom. The highest BCUT2D eigenvalue weighted by Gasteiger charge is 2.17. The first kappa shape index (κ1) is 13.6. The molecule has 0 spiro atoms. The molecule has 0 aliphatic carbocycles. The largest absolute Gasteiger partial charge is 0.392 e. The number of aryl methyl sites for hydroxylation is 1. The van der Waals surface area contributed by atoms with Crippen LogP contribution in [0.2, 0.25) is 0 Å². The van der Waals surface area contributed by atoms with Gasteiger partial charge >= 0.3 is 0 Å². The van der Waals surface area contributed by atoms with Gasteiger partial charge in [0.05, 0.1) is 17.5 Å². The molecule has 1 atom stereocenters. The first-order valence-electron chi connectivity index (χ1n) is 5.52. The van der Waals surface area contributed by atoms with Gasteiger partial charge in [-0.05, 0) is 19.4 Å². The smallest absolute Gasteiger partial charge is 0.227 e. The van der Waals surface area contributed by atoms with Crippen LogP contribution in [0, 0.1) is 6.92 Å². The maximum absolute atomic E-state index is 12.0. The van der Waals surface area contributed by atoms with Crippen molar-refractivity contribution in [2.75, 3.05) is 7.05 Å². The van der Waals surface area contributed by atoms with E-state index in [0.29, 0.717) is 11.4 Å². The van der Waals surface area contributed by atoms with Gasteiger partial charge in [0, 0.05) is 7.05 Å². The minimum absolute atomic E-state index is 0.0224. The van der Waals surface area contributed by atoms with Crippen LogP contribution in [-0.2, 0) is 11.2 Å². The van der Waals surface area contributed by atoms with Crippen LogP contribution in [0.15, 0.2) is 24.3 Å². The second kappa shape index (κ2) is 5.77. The molecule has 0 fully saturated rings. The zero-order chi connectivity index (χ0) is 13.0. The molecule has 1 aromatic rings. The van der Waals surface area contributed by atoms with Crippen molar-refractivity contribution in [2.45, 2.75) is 26.3 Å². The van der Waals surface area contributed by atoms with E-state index in [1.807, 2.05) is 38.1 Å². The van der Waals surface area contributed by atoms with E-state index < -0.39 is 0 Å². The SMILES string of the molecule is Cc1ccc(CC(=O)N(C)C(C)C(N)=S)cc1. The Morgan fingerprint density at radius 3 is 2.41 bits per heavy atom. The summed E-state index contributed by atoms with van der Waals surface area (Å²) in [6.07, 6.45) is 0.379. The van der Waals surface area contributed by atoms with Gasteiger partial charge in [0.1, 0.15) is 0 Å². The molecule has 1 rings (SSSR count). The lowest BCUT2D eigenvalue weighted by atomic mass is 10.1. The standard InChI is InChI=1S/C13H18N2OS/c1-9-4-6-11(7-5-9)8-12(16)15(3)10(2)13(14)17/h4-7,10H,8H2,1-3H3,(H2,14,17). The van der Waals surface area contributed by atoms with Crippen molar-refractivity contribution in [1.82, 2.24) is 4.90 Å². The number of carbonyl (C=O) groups is 1. The summed E-state index contributed by atoms with van der Waals surface area (Å²) in [5, 5.41) is 0. The highest BCUT2D eigenvalue weighted by Crippen LogP contribution is 2.07. The highest BCUT2D eigenvalue weighted by molar-refractivity contribution is 7.80. The van der Waals surface area contributed by atoms with Crippen molar-refractivity contribution in [3.8, 4) is 0 Å². The van der Waals surface area contributed by atoms with Crippen LogP contribution in [-0.4, -0.2) is 28.9 Å². The molecule has 3 nitrogen and oxygen atoms in total. The van der Waals surface area contributed by atoms with Crippen LogP contribution in [0.4, 0.5) is 0 Å². The van der Waals surface area contributed by atoms with Crippen LogP contribution in [0.25, 0.3) is 0 Å². The highest BCUT2D eigenvalue weighted by atomic mass is 32.1. The van der Waals surface area contributed by atoms with Crippen LogP contribution in [0.1, 0.15) is 18.1 Å². The maximum atomic E-state index is 12.0. The molecule has 0 aliphatic rings. The molecular formula is C13H18N2OS. The third-order valence-corrected chi connectivity index (χ3v) is 3.20. The van der Waals surface area contributed by atoms with E-state index >= 15 is 0 Å². The van der Waals surface area contributed by atoms with Gasteiger partial charge in [-0.1, -0.05) is 42.0 Å². The fraction of sp³-hybridized carbons (Fsp3) is 0.385. The number of rotatable bonds is 4. The topological polar surface area (TPSA) is 46.3 Å². The molecule has 0 saturated heterocycles.